The van der Waals surface area contributed by atoms with Crippen molar-refractivity contribution in [2.45, 2.75) is 13.8 Å². The Hall–Kier alpha value is -2.01. The van der Waals surface area contributed by atoms with E-state index in [9.17, 15) is 4.79 Å². The molecule has 0 bridgehead atoms. The second kappa shape index (κ2) is 4.03. The normalized spacial score (nSPS) is 11.0. The fourth-order valence-corrected chi connectivity index (χ4v) is 2.98. The molecule has 0 aromatic carbocycles. The van der Waals surface area contributed by atoms with Crippen LogP contribution in [0.2, 0.25) is 0 Å². The lowest BCUT2D eigenvalue weighted by Gasteiger charge is -1.99. The molecule has 0 aliphatic rings. The van der Waals surface area contributed by atoms with Gasteiger partial charge in [-0.1, -0.05) is 0 Å². The standard InChI is InChI=1S/C13H11N3OS/c1-8-9(2)18-13-15-12(11(7-17)16(8)13)10-3-5-14-6-4-10/h3-7H,1-2H3. The Morgan fingerprint density at radius 1 is 1.28 bits per heavy atom. The third-order valence-corrected chi connectivity index (χ3v) is 4.09. The fourth-order valence-electron chi connectivity index (χ4n) is 2.00. The summed E-state index contributed by atoms with van der Waals surface area (Å²) >= 11 is 1.60. The number of rotatable bonds is 2. The SMILES string of the molecule is Cc1sc2nc(-c3ccncc3)c(C=O)n2c1C. The summed E-state index contributed by atoms with van der Waals surface area (Å²) in [4.78, 5) is 21.9. The minimum atomic E-state index is 0.609. The Morgan fingerprint density at radius 2 is 2.00 bits per heavy atom. The van der Waals surface area contributed by atoms with Crippen molar-refractivity contribution in [3.63, 3.8) is 0 Å². The van der Waals surface area contributed by atoms with E-state index < -0.39 is 0 Å². The summed E-state index contributed by atoms with van der Waals surface area (Å²) < 4.78 is 1.92. The van der Waals surface area contributed by atoms with E-state index >= 15 is 0 Å². The zero-order valence-corrected chi connectivity index (χ0v) is 10.9. The molecule has 5 heteroatoms. The third-order valence-electron chi connectivity index (χ3n) is 3.04. The van der Waals surface area contributed by atoms with E-state index in [-0.39, 0.29) is 0 Å². The molecular formula is C13H11N3OS. The molecule has 0 fully saturated rings. The Labute approximate surface area is 108 Å². The van der Waals surface area contributed by atoms with Crippen molar-refractivity contribution >= 4 is 22.6 Å². The van der Waals surface area contributed by atoms with E-state index in [2.05, 4.69) is 9.97 Å². The lowest BCUT2D eigenvalue weighted by atomic mass is 10.1. The highest BCUT2D eigenvalue weighted by Gasteiger charge is 2.17. The summed E-state index contributed by atoms with van der Waals surface area (Å²) in [6.07, 6.45) is 4.28. The number of aromatic nitrogens is 3. The summed E-state index contributed by atoms with van der Waals surface area (Å²) in [7, 11) is 0. The van der Waals surface area contributed by atoms with Gasteiger partial charge in [0.25, 0.3) is 0 Å². The number of fused-ring (bicyclic) bond motifs is 1. The van der Waals surface area contributed by atoms with Gasteiger partial charge in [-0.25, -0.2) is 4.98 Å². The molecule has 0 unspecified atom stereocenters. The summed E-state index contributed by atoms with van der Waals surface area (Å²) in [5.41, 5.74) is 3.32. The summed E-state index contributed by atoms with van der Waals surface area (Å²) in [6, 6.07) is 3.73. The average molecular weight is 257 g/mol. The Kier molecular flexibility index (Phi) is 2.48. The van der Waals surface area contributed by atoms with Gasteiger partial charge in [-0.05, 0) is 26.0 Å². The molecule has 0 spiro atoms. The van der Waals surface area contributed by atoms with Crippen molar-refractivity contribution < 1.29 is 4.79 Å². The van der Waals surface area contributed by atoms with Gasteiger partial charge < -0.3 is 0 Å². The number of thiazole rings is 1. The molecule has 3 aromatic rings. The number of nitrogens with zero attached hydrogens (tertiary/aromatic N) is 3. The first-order chi connectivity index (χ1) is 8.72. The first-order valence-corrected chi connectivity index (χ1v) is 6.38. The van der Waals surface area contributed by atoms with Crippen LogP contribution in [0, 0.1) is 13.8 Å². The lowest BCUT2D eigenvalue weighted by molar-refractivity contribution is 0.111. The molecule has 0 radical (unpaired) electrons. The molecular weight excluding hydrogens is 246 g/mol. The van der Waals surface area contributed by atoms with E-state index in [1.165, 1.54) is 4.88 Å². The molecule has 0 saturated heterocycles. The van der Waals surface area contributed by atoms with Gasteiger partial charge in [0.2, 0.25) is 0 Å². The number of imidazole rings is 1. The van der Waals surface area contributed by atoms with Crippen LogP contribution < -0.4 is 0 Å². The summed E-state index contributed by atoms with van der Waals surface area (Å²) in [5.74, 6) is 0. The summed E-state index contributed by atoms with van der Waals surface area (Å²) in [6.45, 7) is 4.04. The number of carbonyl (C=O) groups is 1. The number of aryl methyl sites for hydroxylation is 2. The van der Waals surface area contributed by atoms with Crippen molar-refractivity contribution in [3.8, 4) is 11.3 Å². The average Bonchev–Trinajstić information content (AvgIpc) is 2.88. The Morgan fingerprint density at radius 3 is 2.67 bits per heavy atom. The van der Waals surface area contributed by atoms with E-state index in [1.807, 2.05) is 30.4 Å². The van der Waals surface area contributed by atoms with Gasteiger partial charge in [0.15, 0.2) is 11.2 Å². The maximum atomic E-state index is 11.4. The molecule has 3 aromatic heterocycles. The molecule has 0 aliphatic carbocycles. The lowest BCUT2D eigenvalue weighted by Crippen LogP contribution is -1.94. The maximum absolute atomic E-state index is 11.4. The van der Waals surface area contributed by atoms with Crippen LogP contribution in [-0.2, 0) is 0 Å². The van der Waals surface area contributed by atoms with Crippen LogP contribution in [0.5, 0.6) is 0 Å². The van der Waals surface area contributed by atoms with Gasteiger partial charge in [-0.3, -0.25) is 14.2 Å². The molecule has 18 heavy (non-hydrogen) atoms. The van der Waals surface area contributed by atoms with Crippen molar-refractivity contribution in [2.24, 2.45) is 0 Å². The van der Waals surface area contributed by atoms with E-state index in [0.29, 0.717) is 5.69 Å². The van der Waals surface area contributed by atoms with Crippen LogP contribution in [0.4, 0.5) is 0 Å². The van der Waals surface area contributed by atoms with Crippen molar-refractivity contribution in [2.75, 3.05) is 0 Å². The molecule has 0 aliphatic heterocycles. The first kappa shape index (κ1) is 11.1. The molecule has 0 N–H and O–H groups in total. The summed E-state index contributed by atoms with van der Waals surface area (Å²) in [5, 5.41) is 0. The van der Waals surface area contributed by atoms with Gasteiger partial charge in [0.1, 0.15) is 11.4 Å². The predicted octanol–water partition coefficient (Wildman–Crippen LogP) is 2.89. The zero-order chi connectivity index (χ0) is 12.7. The minimum absolute atomic E-state index is 0.609. The minimum Gasteiger partial charge on any atom is -0.296 e. The highest BCUT2D eigenvalue weighted by molar-refractivity contribution is 7.17. The van der Waals surface area contributed by atoms with Crippen molar-refractivity contribution in [1.29, 1.82) is 0 Å². The fraction of sp³-hybridized carbons (Fsp3) is 0.154. The maximum Gasteiger partial charge on any atom is 0.195 e. The second-order valence-electron chi connectivity index (χ2n) is 4.06. The van der Waals surface area contributed by atoms with Crippen LogP contribution in [0.1, 0.15) is 21.1 Å². The number of hydrogen-bond donors (Lipinski definition) is 0. The van der Waals surface area contributed by atoms with E-state index in [4.69, 9.17) is 0 Å². The highest BCUT2D eigenvalue weighted by atomic mass is 32.1. The van der Waals surface area contributed by atoms with E-state index in [1.54, 1.807) is 23.7 Å². The van der Waals surface area contributed by atoms with Crippen molar-refractivity contribution in [3.05, 3.63) is 40.8 Å². The molecule has 0 saturated carbocycles. The van der Waals surface area contributed by atoms with E-state index in [0.717, 1.165) is 28.2 Å². The first-order valence-electron chi connectivity index (χ1n) is 5.56. The number of aldehydes is 1. The second-order valence-corrected chi connectivity index (χ2v) is 5.24. The third kappa shape index (κ3) is 1.48. The molecule has 3 rings (SSSR count). The predicted molar refractivity (Wildman–Crippen MR) is 71.2 cm³/mol. The van der Waals surface area contributed by atoms with Crippen LogP contribution in [0.15, 0.2) is 24.5 Å². The largest absolute Gasteiger partial charge is 0.296 e. The topological polar surface area (TPSA) is 47.3 Å². The van der Waals surface area contributed by atoms with Crippen LogP contribution in [0.3, 0.4) is 0 Å². The zero-order valence-electron chi connectivity index (χ0n) is 10.0. The van der Waals surface area contributed by atoms with Gasteiger partial charge in [-0.2, -0.15) is 0 Å². The van der Waals surface area contributed by atoms with Gasteiger partial charge in [0.05, 0.1) is 0 Å². The van der Waals surface area contributed by atoms with Crippen LogP contribution in [-0.4, -0.2) is 20.7 Å². The van der Waals surface area contributed by atoms with Crippen LogP contribution >= 0.6 is 11.3 Å². The Bertz CT molecular complexity index is 728. The molecule has 0 amide bonds. The Balaban J connectivity index is 2.35. The van der Waals surface area contributed by atoms with Crippen molar-refractivity contribution in [1.82, 2.24) is 14.4 Å². The van der Waals surface area contributed by atoms with Gasteiger partial charge in [0, 0.05) is 28.5 Å². The van der Waals surface area contributed by atoms with Gasteiger partial charge >= 0.3 is 0 Å². The molecule has 3 heterocycles. The monoisotopic (exact) mass is 257 g/mol. The molecule has 90 valence electrons. The number of carbonyl (C=O) groups excluding carboxylic acids is 1. The smallest absolute Gasteiger partial charge is 0.195 e. The number of hydrogen-bond acceptors (Lipinski definition) is 4. The molecule has 4 nitrogen and oxygen atoms in total. The van der Waals surface area contributed by atoms with Crippen LogP contribution in [0.25, 0.3) is 16.2 Å². The quantitative estimate of drug-likeness (QED) is 0.663. The van der Waals surface area contributed by atoms with Gasteiger partial charge in [-0.15, -0.1) is 11.3 Å². The molecule has 0 atom stereocenters. The number of pyridine rings is 1. The highest BCUT2D eigenvalue weighted by Crippen LogP contribution is 2.29.